The highest BCUT2D eigenvalue weighted by Crippen LogP contribution is 2.33. The molecule has 0 unspecified atom stereocenters. The number of fused-ring (bicyclic) bond motifs is 1. The Hall–Kier alpha value is -4.02. The summed E-state index contributed by atoms with van der Waals surface area (Å²) in [6.07, 6.45) is -3.08. The van der Waals surface area contributed by atoms with Gasteiger partial charge in [-0.25, -0.2) is 14.2 Å². The molecule has 160 valence electrons. The van der Waals surface area contributed by atoms with E-state index in [2.05, 4.69) is 15.6 Å². The van der Waals surface area contributed by atoms with Gasteiger partial charge in [0, 0.05) is 23.0 Å². The Balaban J connectivity index is 1.41. The molecule has 2 amide bonds. The van der Waals surface area contributed by atoms with Gasteiger partial charge in [-0.3, -0.25) is 0 Å². The Labute approximate surface area is 173 Å². The summed E-state index contributed by atoms with van der Waals surface area (Å²) in [5.74, 6) is -0.264. The van der Waals surface area contributed by atoms with Crippen LogP contribution in [0.25, 0.3) is 0 Å². The number of urea groups is 1. The van der Waals surface area contributed by atoms with E-state index in [1.54, 1.807) is 36.7 Å². The molecule has 2 aromatic carbocycles. The molecule has 0 fully saturated rings. The van der Waals surface area contributed by atoms with Crippen LogP contribution in [0.4, 0.5) is 51.2 Å². The molecule has 0 bridgehead atoms. The van der Waals surface area contributed by atoms with Gasteiger partial charge in [0.25, 0.3) is 0 Å². The van der Waals surface area contributed by atoms with E-state index >= 15 is 0 Å². The highest BCUT2D eigenvalue weighted by molar-refractivity contribution is 6.00. The zero-order valence-electron chi connectivity index (χ0n) is 15.7. The van der Waals surface area contributed by atoms with Crippen molar-refractivity contribution in [1.29, 1.82) is 0 Å². The van der Waals surface area contributed by atoms with Crippen molar-refractivity contribution in [1.82, 2.24) is 0 Å². The van der Waals surface area contributed by atoms with Crippen molar-refractivity contribution in [2.24, 2.45) is 4.99 Å². The summed E-state index contributed by atoms with van der Waals surface area (Å²) in [6, 6.07) is 9.17. The second-order valence-electron chi connectivity index (χ2n) is 6.67. The van der Waals surface area contributed by atoms with Crippen molar-refractivity contribution >= 4 is 41.2 Å². The number of hydrogen-bond donors (Lipinski definition) is 3. The van der Waals surface area contributed by atoms with Crippen LogP contribution in [0, 0.1) is 5.82 Å². The predicted molar refractivity (Wildman–Crippen MR) is 108 cm³/mol. The second kappa shape index (κ2) is 7.67. The molecule has 0 atom stereocenters. The number of nitrogen functional groups attached to an aromatic ring is 1. The number of nitrogens with two attached hydrogens (primary N) is 1. The maximum absolute atomic E-state index is 13.8. The number of amides is 2. The van der Waals surface area contributed by atoms with E-state index in [-0.39, 0.29) is 5.88 Å². The highest BCUT2D eigenvalue weighted by atomic mass is 19.4. The Morgan fingerprint density at radius 3 is 2.55 bits per heavy atom. The Kier molecular flexibility index (Phi) is 5.01. The van der Waals surface area contributed by atoms with Crippen LogP contribution in [0.3, 0.4) is 0 Å². The van der Waals surface area contributed by atoms with Crippen molar-refractivity contribution in [3.63, 3.8) is 0 Å². The van der Waals surface area contributed by atoms with Gasteiger partial charge in [0.15, 0.2) is 5.88 Å². The quantitative estimate of drug-likeness (QED) is 0.486. The molecule has 2 heterocycles. The minimum Gasteiger partial charge on any atom is -0.423 e. The molecule has 1 aliphatic rings. The fraction of sp³-hybridized carbons (Fsp3) is 0.100. The maximum Gasteiger partial charge on any atom is 0.416 e. The summed E-state index contributed by atoms with van der Waals surface area (Å²) in [6.45, 7) is 0.488. The fourth-order valence-corrected chi connectivity index (χ4v) is 2.99. The number of carbonyl (C=O) groups is 1. The molecular weight excluding hydrogens is 418 g/mol. The molecule has 7 nitrogen and oxygen atoms in total. The van der Waals surface area contributed by atoms with Gasteiger partial charge in [-0.05, 0) is 42.5 Å². The van der Waals surface area contributed by atoms with Crippen LogP contribution in [0.5, 0.6) is 0 Å². The molecule has 0 spiro atoms. The molecule has 1 aromatic heterocycles. The van der Waals surface area contributed by atoms with Crippen LogP contribution in [0.2, 0.25) is 0 Å². The van der Waals surface area contributed by atoms with Crippen LogP contribution in [0.15, 0.2) is 57.9 Å². The molecule has 3 aromatic rings. The first-order chi connectivity index (χ1) is 14.7. The Bertz CT molecular complexity index is 1160. The normalized spacial score (nSPS) is 13.1. The second-order valence-corrected chi connectivity index (χ2v) is 6.67. The van der Waals surface area contributed by atoms with Gasteiger partial charge < -0.3 is 25.7 Å². The number of carbonyl (C=O) groups excluding carboxylic acids is 1. The van der Waals surface area contributed by atoms with Crippen molar-refractivity contribution in [3.8, 4) is 0 Å². The zero-order chi connectivity index (χ0) is 22.2. The summed E-state index contributed by atoms with van der Waals surface area (Å²) >= 11 is 0. The number of nitrogens with one attached hydrogen (secondary N) is 2. The van der Waals surface area contributed by atoms with Gasteiger partial charge in [-0.1, -0.05) is 0 Å². The van der Waals surface area contributed by atoms with Crippen LogP contribution >= 0.6 is 0 Å². The number of benzene rings is 2. The van der Waals surface area contributed by atoms with Crippen molar-refractivity contribution < 1.29 is 26.8 Å². The van der Waals surface area contributed by atoms with E-state index < -0.39 is 29.3 Å². The van der Waals surface area contributed by atoms with E-state index in [1.165, 1.54) is 0 Å². The predicted octanol–water partition coefficient (Wildman–Crippen LogP) is 5.34. The molecule has 0 saturated carbocycles. The van der Waals surface area contributed by atoms with Gasteiger partial charge in [0.2, 0.25) is 5.88 Å². The van der Waals surface area contributed by atoms with Crippen LogP contribution < -0.4 is 21.3 Å². The van der Waals surface area contributed by atoms with Crippen LogP contribution in [-0.4, -0.2) is 12.4 Å². The van der Waals surface area contributed by atoms with Crippen LogP contribution in [0.1, 0.15) is 11.1 Å². The Morgan fingerprint density at radius 2 is 1.84 bits per heavy atom. The lowest BCUT2D eigenvalue weighted by Gasteiger charge is -2.22. The zero-order valence-corrected chi connectivity index (χ0v) is 15.7. The number of anilines is 4. The lowest BCUT2D eigenvalue weighted by atomic mass is 10.2. The highest BCUT2D eigenvalue weighted by Gasteiger charge is 2.31. The first-order valence-corrected chi connectivity index (χ1v) is 8.93. The molecule has 0 aliphatic carbocycles. The number of furan rings is 1. The molecule has 0 radical (unpaired) electrons. The monoisotopic (exact) mass is 433 g/mol. The van der Waals surface area contributed by atoms with Crippen molar-refractivity contribution in [2.75, 3.05) is 21.3 Å². The minimum absolute atomic E-state index is 0.270. The fourth-order valence-electron chi connectivity index (χ4n) is 2.99. The number of nitrogens with zero attached hydrogens (tertiary/aromatic N) is 2. The summed E-state index contributed by atoms with van der Waals surface area (Å²) in [5.41, 5.74) is 5.92. The van der Waals surface area contributed by atoms with Crippen molar-refractivity contribution in [3.05, 3.63) is 65.5 Å². The molecule has 4 N–H and O–H groups in total. The summed E-state index contributed by atoms with van der Waals surface area (Å²) < 4.78 is 57.4. The Morgan fingerprint density at radius 1 is 1.10 bits per heavy atom. The van der Waals surface area contributed by atoms with Gasteiger partial charge in [-0.15, -0.1) is 0 Å². The molecule has 31 heavy (non-hydrogen) atoms. The average molecular weight is 433 g/mol. The van der Waals surface area contributed by atoms with E-state index in [0.29, 0.717) is 36.3 Å². The standard InChI is InChI=1S/C20H15F4N5O2/c21-15-6-1-12(20(22,23)24)8-16(15)28-19(30)27-13-2-4-14(5-3-13)29-9-11-7-17(25)31-18(11)26-10-29/h1-8,10H,9,25H2,(H2,27,28,30). The molecule has 11 heteroatoms. The minimum atomic E-state index is -4.66. The van der Waals surface area contributed by atoms with Gasteiger partial charge >= 0.3 is 12.2 Å². The van der Waals surface area contributed by atoms with Gasteiger partial charge in [-0.2, -0.15) is 13.2 Å². The molecular formula is C20H15F4N5O2. The first kappa shape index (κ1) is 20.3. The molecule has 0 saturated heterocycles. The van der Waals surface area contributed by atoms with E-state index in [4.69, 9.17) is 10.2 Å². The molecule has 4 rings (SSSR count). The lowest BCUT2D eigenvalue weighted by Crippen LogP contribution is -2.23. The first-order valence-electron chi connectivity index (χ1n) is 8.93. The SMILES string of the molecule is Nc1cc2c(o1)N=CN(c1ccc(NC(=O)Nc3cc(C(F)(F)F)ccc3F)cc1)C2. The van der Waals surface area contributed by atoms with E-state index in [1.807, 2.05) is 4.90 Å². The average Bonchev–Trinajstić information content (AvgIpc) is 3.08. The van der Waals surface area contributed by atoms with Crippen molar-refractivity contribution in [2.45, 2.75) is 12.7 Å². The lowest BCUT2D eigenvalue weighted by molar-refractivity contribution is -0.137. The summed E-state index contributed by atoms with van der Waals surface area (Å²) in [4.78, 5) is 18.1. The largest absolute Gasteiger partial charge is 0.423 e. The number of aliphatic imine (C=N–C) groups is 1. The number of halogens is 4. The van der Waals surface area contributed by atoms with E-state index in [0.717, 1.165) is 11.3 Å². The third-order valence-electron chi connectivity index (χ3n) is 4.46. The number of rotatable bonds is 3. The third-order valence-corrected chi connectivity index (χ3v) is 4.46. The topological polar surface area (TPSA) is 95.9 Å². The number of hydrogen-bond acceptors (Lipinski definition) is 5. The van der Waals surface area contributed by atoms with Crippen LogP contribution in [-0.2, 0) is 12.7 Å². The summed E-state index contributed by atoms with van der Waals surface area (Å²) in [7, 11) is 0. The van der Waals surface area contributed by atoms with E-state index in [9.17, 15) is 22.4 Å². The number of alkyl halides is 3. The smallest absolute Gasteiger partial charge is 0.416 e. The maximum atomic E-state index is 13.8. The third kappa shape index (κ3) is 4.44. The van der Waals surface area contributed by atoms with Gasteiger partial charge in [0.1, 0.15) is 5.82 Å². The molecule has 1 aliphatic heterocycles. The summed E-state index contributed by atoms with van der Waals surface area (Å²) in [5, 5.41) is 4.53. The van der Waals surface area contributed by atoms with Gasteiger partial charge in [0.05, 0.1) is 24.1 Å².